The van der Waals surface area contributed by atoms with Crippen LogP contribution in [-0.2, 0) is 26.2 Å². The molecule has 0 fully saturated rings. The molecular formula is C25H34FN3O6S. The summed E-state index contributed by atoms with van der Waals surface area (Å²) in [5.41, 5.74) is 0.698. The Morgan fingerprint density at radius 3 is 2.22 bits per heavy atom. The van der Waals surface area contributed by atoms with E-state index in [4.69, 9.17) is 9.47 Å². The number of halogens is 1. The van der Waals surface area contributed by atoms with Gasteiger partial charge in [-0.05, 0) is 50.1 Å². The van der Waals surface area contributed by atoms with E-state index in [1.54, 1.807) is 13.0 Å². The summed E-state index contributed by atoms with van der Waals surface area (Å²) < 4.78 is 50.5. The normalized spacial score (nSPS) is 12.9. The first kappa shape index (κ1) is 28.9. The van der Waals surface area contributed by atoms with Crippen molar-refractivity contribution in [2.75, 3.05) is 31.3 Å². The summed E-state index contributed by atoms with van der Waals surface area (Å²) in [5, 5.41) is 2.85. The summed E-state index contributed by atoms with van der Waals surface area (Å²) in [6.07, 6.45) is 1.67. The zero-order valence-corrected chi connectivity index (χ0v) is 22.3. The predicted octanol–water partition coefficient (Wildman–Crippen LogP) is 2.94. The van der Waals surface area contributed by atoms with Crippen LogP contribution in [0.15, 0.2) is 42.5 Å². The second-order valence-electron chi connectivity index (χ2n) is 8.45. The lowest BCUT2D eigenvalue weighted by Gasteiger charge is -2.32. The van der Waals surface area contributed by atoms with E-state index < -0.39 is 34.3 Å². The molecule has 11 heteroatoms. The van der Waals surface area contributed by atoms with Gasteiger partial charge in [-0.1, -0.05) is 19.1 Å². The minimum atomic E-state index is -3.95. The number of rotatable bonds is 12. The number of nitrogens with zero attached hydrogens (tertiary/aromatic N) is 2. The van der Waals surface area contributed by atoms with Crippen LogP contribution in [0, 0.1) is 5.82 Å². The summed E-state index contributed by atoms with van der Waals surface area (Å²) in [5.74, 6) is -0.850. The number of ether oxygens (including phenoxy) is 2. The highest BCUT2D eigenvalue weighted by Crippen LogP contribution is 2.34. The van der Waals surface area contributed by atoms with Crippen molar-refractivity contribution < 1.29 is 31.9 Å². The Balaban J connectivity index is 2.47. The van der Waals surface area contributed by atoms with Crippen molar-refractivity contribution in [3.05, 3.63) is 53.8 Å². The fraction of sp³-hybridized carbons (Fsp3) is 0.440. The van der Waals surface area contributed by atoms with Crippen LogP contribution in [0.3, 0.4) is 0 Å². The number of carbonyl (C=O) groups excluding carboxylic acids is 2. The topological polar surface area (TPSA) is 105 Å². The highest BCUT2D eigenvalue weighted by Gasteiger charge is 2.31. The lowest BCUT2D eigenvalue weighted by molar-refractivity contribution is -0.139. The molecule has 0 unspecified atom stereocenters. The first-order valence-electron chi connectivity index (χ1n) is 11.4. The lowest BCUT2D eigenvalue weighted by Crippen LogP contribution is -2.52. The van der Waals surface area contributed by atoms with Gasteiger partial charge in [0.05, 0.1) is 26.2 Å². The number of amides is 2. The molecule has 2 aromatic carbocycles. The molecule has 2 atom stereocenters. The maximum absolute atomic E-state index is 13.6. The van der Waals surface area contributed by atoms with Gasteiger partial charge < -0.3 is 19.7 Å². The zero-order valence-electron chi connectivity index (χ0n) is 21.4. The highest BCUT2D eigenvalue weighted by molar-refractivity contribution is 7.92. The lowest BCUT2D eigenvalue weighted by atomic mass is 10.1. The molecule has 36 heavy (non-hydrogen) atoms. The van der Waals surface area contributed by atoms with Gasteiger partial charge in [-0.15, -0.1) is 0 Å². The fourth-order valence-corrected chi connectivity index (χ4v) is 4.27. The molecule has 0 aromatic heterocycles. The zero-order chi connectivity index (χ0) is 27.0. The molecule has 0 saturated carbocycles. The van der Waals surface area contributed by atoms with E-state index in [9.17, 15) is 22.4 Å². The average Bonchev–Trinajstić information content (AvgIpc) is 2.85. The number of methoxy groups -OCH3 is 2. The molecule has 2 aromatic rings. The third-order valence-corrected chi connectivity index (χ3v) is 6.89. The molecule has 0 spiro atoms. The van der Waals surface area contributed by atoms with Gasteiger partial charge in [0.25, 0.3) is 0 Å². The smallest absolute Gasteiger partial charge is 0.244 e. The second-order valence-corrected chi connectivity index (χ2v) is 10.4. The molecule has 0 aliphatic rings. The van der Waals surface area contributed by atoms with Crippen LogP contribution in [0.2, 0.25) is 0 Å². The minimum absolute atomic E-state index is 0.0267. The van der Waals surface area contributed by atoms with Crippen molar-refractivity contribution in [1.29, 1.82) is 0 Å². The van der Waals surface area contributed by atoms with E-state index in [2.05, 4.69) is 5.32 Å². The molecule has 0 bridgehead atoms. The van der Waals surface area contributed by atoms with Gasteiger partial charge >= 0.3 is 0 Å². The van der Waals surface area contributed by atoms with Gasteiger partial charge in [0.15, 0.2) is 0 Å². The highest BCUT2D eigenvalue weighted by atomic mass is 32.2. The first-order valence-corrected chi connectivity index (χ1v) is 13.3. The second kappa shape index (κ2) is 12.6. The van der Waals surface area contributed by atoms with Gasteiger partial charge in [-0.2, -0.15) is 0 Å². The summed E-state index contributed by atoms with van der Waals surface area (Å²) in [4.78, 5) is 27.8. The Morgan fingerprint density at radius 1 is 1.06 bits per heavy atom. The van der Waals surface area contributed by atoms with Crippen LogP contribution < -0.4 is 19.1 Å². The van der Waals surface area contributed by atoms with Gasteiger partial charge in [-0.3, -0.25) is 13.9 Å². The molecule has 1 N–H and O–H groups in total. The van der Waals surface area contributed by atoms with Crippen molar-refractivity contribution >= 4 is 27.5 Å². The van der Waals surface area contributed by atoms with Gasteiger partial charge in [0.2, 0.25) is 21.8 Å². The van der Waals surface area contributed by atoms with Gasteiger partial charge in [0, 0.05) is 18.7 Å². The Hall–Kier alpha value is -3.34. The molecule has 2 rings (SSSR count). The van der Waals surface area contributed by atoms with Crippen molar-refractivity contribution in [3.63, 3.8) is 0 Å². The molecule has 198 valence electrons. The van der Waals surface area contributed by atoms with E-state index >= 15 is 0 Å². The molecule has 0 aliphatic carbocycles. The number of hydrogen-bond acceptors (Lipinski definition) is 6. The van der Waals surface area contributed by atoms with Crippen LogP contribution in [0.1, 0.15) is 32.8 Å². The van der Waals surface area contributed by atoms with E-state index in [0.29, 0.717) is 17.7 Å². The molecule has 0 aliphatic heterocycles. The van der Waals surface area contributed by atoms with Crippen LogP contribution in [0.25, 0.3) is 0 Å². The van der Waals surface area contributed by atoms with Crippen molar-refractivity contribution in [2.24, 2.45) is 0 Å². The summed E-state index contributed by atoms with van der Waals surface area (Å²) in [6.45, 7) is 4.71. The third kappa shape index (κ3) is 7.58. The van der Waals surface area contributed by atoms with Crippen LogP contribution in [0.5, 0.6) is 11.5 Å². The van der Waals surface area contributed by atoms with E-state index in [1.165, 1.54) is 55.5 Å². The SMILES string of the molecule is CC[C@@H](C)NC(=O)[C@H](C)N(Cc1ccc(F)cc1)C(=O)CN(c1cc(OC)ccc1OC)S(C)(=O)=O. The Labute approximate surface area is 212 Å². The first-order chi connectivity index (χ1) is 16.9. The monoisotopic (exact) mass is 523 g/mol. The van der Waals surface area contributed by atoms with Crippen molar-refractivity contribution in [2.45, 2.75) is 45.8 Å². The summed E-state index contributed by atoms with van der Waals surface area (Å²) in [7, 11) is -1.13. The molecule has 2 amide bonds. The molecular weight excluding hydrogens is 489 g/mol. The van der Waals surface area contributed by atoms with Crippen LogP contribution in [0.4, 0.5) is 10.1 Å². The molecule has 9 nitrogen and oxygen atoms in total. The minimum Gasteiger partial charge on any atom is -0.497 e. The quantitative estimate of drug-likeness (QED) is 0.459. The number of benzene rings is 2. The Morgan fingerprint density at radius 2 is 1.69 bits per heavy atom. The number of sulfonamides is 1. The standard InChI is InChI=1S/C25H34FN3O6S/c1-7-17(2)27-25(31)18(3)28(15-19-8-10-20(26)11-9-19)24(30)16-29(36(6,32)33)22-14-21(34-4)12-13-23(22)35-5/h8-14,17-18H,7,15-16H2,1-6H3,(H,27,31)/t17-,18+/m1/s1. The summed E-state index contributed by atoms with van der Waals surface area (Å²) >= 11 is 0. The van der Waals surface area contributed by atoms with Gasteiger partial charge in [0.1, 0.15) is 29.9 Å². The van der Waals surface area contributed by atoms with E-state index in [0.717, 1.165) is 10.6 Å². The number of carbonyl (C=O) groups is 2. The van der Waals surface area contributed by atoms with Crippen molar-refractivity contribution in [3.8, 4) is 11.5 Å². The predicted molar refractivity (Wildman–Crippen MR) is 136 cm³/mol. The molecule has 0 radical (unpaired) electrons. The maximum atomic E-state index is 13.6. The van der Waals surface area contributed by atoms with Gasteiger partial charge in [-0.25, -0.2) is 12.8 Å². The van der Waals surface area contributed by atoms with Crippen molar-refractivity contribution in [1.82, 2.24) is 10.2 Å². The number of anilines is 1. The van der Waals surface area contributed by atoms with E-state index in [1.807, 2.05) is 13.8 Å². The Bertz CT molecular complexity index is 1160. The van der Waals surface area contributed by atoms with Crippen LogP contribution >= 0.6 is 0 Å². The fourth-order valence-electron chi connectivity index (χ4n) is 3.42. The number of hydrogen-bond donors (Lipinski definition) is 1. The summed E-state index contributed by atoms with van der Waals surface area (Å²) in [6, 6.07) is 9.08. The Kier molecular flexibility index (Phi) is 10.1. The third-order valence-electron chi connectivity index (χ3n) is 5.77. The van der Waals surface area contributed by atoms with E-state index in [-0.39, 0.29) is 29.9 Å². The molecule has 0 heterocycles. The van der Waals surface area contributed by atoms with Crippen LogP contribution in [-0.4, -0.2) is 64.2 Å². The average molecular weight is 524 g/mol. The maximum Gasteiger partial charge on any atom is 0.244 e. The molecule has 0 saturated heterocycles. The number of nitrogens with one attached hydrogen (secondary N) is 1. The largest absolute Gasteiger partial charge is 0.497 e.